The minimum atomic E-state index is -0.906. The van der Waals surface area contributed by atoms with Gasteiger partial charge in [0, 0.05) is 18.2 Å². The zero-order chi connectivity index (χ0) is 14.7. The molecule has 1 aromatic carbocycles. The Hall–Kier alpha value is -1.65. The van der Waals surface area contributed by atoms with E-state index in [-0.39, 0.29) is 23.4 Å². The highest BCUT2D eigenvalue weighted by molar-refractivity contribution is 5.94. The van der Waals surface area contributed by atoms with Gasteiger partial charge in [0.2, 0.25) is 0 Å². The van der Waals surface area contributed by atoms with Crippen molar-refractivity contribution in [3.8, 4) is 0 Å². The Morgan fingerprint density at radius 2 is 1.68 bits per heavy atom. The van der Waals surface area contributed by atoms with Crippen LogP contribution in [0.2, 0.25) is 0 Å². The summed E-state index contributed by atoms with van der Waals surface area (Å²) in [6.45, 7) is 8.22. The second-order valence-corrected chi connectivity index (χ2v) is 5.30. The number of amides is 1. The summed E-state index contributed by atoms with van der Waals surface area (Å²) in [6, 6.07) is 1.92. The van der Waals surface area contributed by atoms with E-state index < -0.39 is 17.3 Å². The Kier molecular flexibility index (Phi) is 4.86. The summed E-state index contributed by atoms with van der Waals surface area (Å²) >= 11 is 0. The molecule has 2 N–H and O–H groups in total. The highest BCUT2D eigenvalue weighted by atomic mass is 19.1. The zero-order valence-corrected chi connectivity index (χ0v) is 11.7. The van der Waals surface area contributed by atoms with Crippen molar-refractivity contribution >= 4 is 11.6 Å². The molecule has 1 amide bonds. The maximum absolute atomic E-state index is 13.4. The van der Waals surface area contributed by atoms with E-state index in [0.717, 1.165) is 12.1 Å². The van der Waals surface area contributed by atoms with Gasteiger partial charge < -0.3 is 10.6 Å². The summed E-state index contributed by atoms with van der Waals surface area (Å²) < 4.78 is 26.8. The Morgan fingerprint density at radius 1 is 1.21 bits per heavy atom. The summed E-state index contributed by atoms with van der Waals surface area (Å²) in [6.07, 6.45) is 0. The topological polar surface area (TPSA) is 46.3 Å². The van der Waals surface area contributed by atoms with Crippen molar-refractivity contribution in [3.63, 3.8) is 0 Å². The fourth-order valence-electron chi connectivity index (χ4n) is 1.80. The molecule has 0 bridgehead atoms. The first-order chi connectivity index (χ1) is 8.73. The molecule has 0 unspecified atom stereocenters. The number of anilines is 1. The van der Waals surface area contributed by atoms with Gasteiger partial charge in [0.05, 0.1) is 0 Å². The zero-order valence-electron chi connectivity index (χ0n) is 11.7. The third-order valence-corrected chi connectivity index (χ3v) is 2.77. The number of hydrogen-bond acceptors (Lipinski definition) is 2. The highest BCUT2D eigenvalue weighted by Gasteiger charge is 2.21. The smallest absolute Gasteiger partial charge is 0.254 e. The lowest BCUT2D eigenvalue weighted by Gasteiger charge is -2.28. The van der Waals surface area contributed by atoms with Crippen molar-refractivity contribution in [2.75, 3.05) is 12.3 Å². The van der Waals surface area contributed by atoms with Crippen LogP contribution < -0.4 is 5.73 Å². The molecule has 0 fully saturated rings. The second-order valence-electron chi connectivity index (χ2n) is 5.30. The van der Waals surface area contributed by atoms with Gasteiger partial charge in [-0.05, 0) is 31.9 Å². The van der Waals surface area contributed by atoms with Gasteiger partial charge in [-0.15, -0.1) is 0 Å². The highest BCUT2D eigenvalue weighted by Crippen LogP contribution is 2.19. The van der Waals surface area contributed by atoms with Crippen LogP contribution in [0.25, 0.3) is 0 Å². The summed E-state index contributed by atoms with van der Waals surface area (Å²) in [5.74, 6) is -1.93. The van der Waals surface area contributed by atoms with Crippen molar-refractivity contribution in [1.29, 1.82) is 0 Å². The third kappa shape index (κ3) is 3.66. The van der Waals surface area contributed by atoms with Crippen LogP contribution in [0.4, 0.5) is 14.5 Å². The first-order valence-corrected chi connectivity index (χ1v) is 6.29. The van der Waals surface area contributed by atoms with E-state index in [1.807, 2.05) is 27.7 Å². The van der Waals surface area contributed by atoms with Gasteiger partial charge in [-0.1, -0.05) is 13.8 Å². The summed E-state index contributed by atoms with van der Waals surface area (Å²) in [4.78, 5) is 13.9. The first kappa shape index (κ1) is 15.4. The number of nitrogens with zero attached hydrogens (tertiary/aromatic N) is 1. The maximum Gasteiger partial charge on any atom is 0.254 e. The van der Waals surface area contributed by atoms with Gasteiger partial charge in [-0.3, -0.25) is 4.79 Å². The average Bonchev–Trinajstić information content (AvgIpc) is 2.31. The fourth-order valence-corrected chi connectivity index (χ4v) is 1.80. The molecule has 1 aromatic rings. The molecular formula is C14H20F2N2O. The van der Waals surface area contributed by atoms with Crippen LogP contribution in [0.1, 0.15) is 38.1 Å². The molecule has 0 aromatic heterocycles. The third-order valence-electron chi connectivity index (χ3n) is 2.77. The average molecular weight is 270 g/mol. The number of carbonyl (C=O) groups excluding carboxylic acids is 1. The van der Waals surface area contributed by atoms with E-state index in [9.17, 15) is 13.6 Å². The monoisotopic (exact) mass is 270 g/mol. The van der Waals surface area contributed by atoms with Crippen LogP contribution in [-0.2, 0) is 0 Å². The molecule has 0 heterocycles. The van der Waals surface area contributed by atoms with Crippen LogP contribution >= 0.6 is 0 Å². The number of nitrogens with two attached hydrogens (primary N) is 1. The van der Waals surface area contributed by atoms with Gasteiger partial charge >= 0.3 is 0 Å². The number of carbonyl (C=O) groups is 1. The van der Waals surface area contributed by atoms with Crippen molar-refractivity contribution in [2.24, 2.45) is 5.92 Å². The largest absolute Gasteiger partial charge is 0.394 e. The van der Waals surface area contributed by atoms with E-state index in [4.69, 9.17) is 5.73 Å². The summed E-state index contributed by atoms with van der Waals surface area (Å²) in [5, 5.41) is 0. The van der Waals surface area contributed by atoms with Crippen LogP contribution in [0.3, 0.4) is 0 Å². The molecule has 0 aliphatic carbocycles. The number of hydrogen-bond donors (Lipinski definition) is 1. The standard InChI is InChI=1S/C14H20F2N2O/c1-8(2)7-18(9(3)4)14(19)10-5-11(15)13(17)12(16)6-10/h5-6,8-9H,7,17H2,1-4H3. The summed E-state index contributed by atoms with van der Waals surface area (Å²) in [5.41, 5.74) is 4.62. The molecule has 0 aliphatic heterocycles. The van der Waals surface area contributed by atoms with Crippen molar-refractivity contribution in [1.82, 2.24) is 4.90 Å². The molecule has 0 saturated carbocycles. The van der Waals surface area contributed by atoms with Gasteiger partial charge in [-0.2, -0.15) is 0 Å². The quantitative estimate of drug-likeness (QED) is 0.855. The normalized spacial score (nSPS) is 11.2. The predicted octanol–water partition coefficient (Wildman–Crippen LogP) is 3.05. The molecule has 1 rings (SSSR count). The Labute approximate surface area is 112 Å². The van der Waals surface area contributed by atoms with Crippen molar-refractivity contribution in [3.05, 3.63) is 29.3 Å². The predicted molar refractivity (Wildman–Crippen MR) is 71.8 cm³/mol. The van der Waals surface area contributed by atoms with Crippen LogP contribution in [0, 0.1) is 17.6 Å². The SMILES string of the molecule is CC(C)CN(C(=O)c1cc(F)c(N)c(F)c1)C(C)C. The minimum absolute atomic E-state index is 0.0152. The van der Waals surface area contributed by atoms with Gasteiger partial charge in [-0.25, -0.2) is 8.78 Å². The van der Waals surface area contributed by atoms with Crippen LogP contribution in [0.15, 0.2) is 12.1 Å². The molecule has 0 saturated heterocycles. The van der Waals surface area contributed by atoms with Crippen molar-refractivity contribution in [2.45, 2.75) is 33.7 Å². The molecule has 0 aliphatic rings. The van der Waals surface area contributed by atoms with E-state index >= 15 is 0 Å². The molecule has 106 valence electrons. The van der Waals surface area contributed by atoms with Crippen LogP contribution in [0.5, 0.6) is 0 Å². The van der Waals surface area contributed by atoms with Gasteiger partial charge in [0.15, 0.2) is 0 Å². The van der Waals surface area contributed by atoms with E-state index in [1.54, 1.807) is 4.90 Å². The van der Waals surface area contributed by atoms with Crippen molar-refractivity contribution < 1.29 is 13.6 Å². The Bertz CT molecular complexity index is 450. The summed E-state index contributed by atoms with van der Waals surface area (Å²) in [7, 11) is 0. The molecule has 19 heavy (non-hydrogen) atoms. The maximum atomic E-state index is 13.4. The molecule has 0 spiro atoms. The number of rotatable bonds is 4. The van der Waals surface area contributed by atoms with E-state index in [2.05, 4.69) is 0 Å². The number of benzene rings is 1. The Balaban J connectivity index is 3.10. The second kappa shape index (κ2) is 5.99. The molecule has 3 nitrogen and oxygen atoms in total. The van der Waals surface area contributed by atoms with Crippen LogP contribution in [-0.4, -0.2) is 23.4 Å². The number of halogens is 2. The molecule has 5 heteroatoms. The first-order valence-electron chi connectivity index (χ1n) is 6.29. The van der Waals surface area contributed by atoms with Gasteiger partial charge in [0.25, 0.3) is 5.91 Å². The molecular weight excluding hydrogens is 250 g/mol. The lowest BCUT2D eigenvalue weighted by Crippen LogP contribution is -2.39. The fraction of sp³-hybridized carbons (Fsp3) is 0.500. The molecule has 0 radical (unpaired) electrons. The minimum Gasteiger partial charge on any atom is -0.394 e. The molecule has 0 atom stereocenters. The number of nitrogen functional groups attached to an aromatic ring is 1. The van der Waals surface area contributed by atoms with E-state index in [0.29, 0.717) is 6.54 Å². The Morgan fingerprint density at radius 3 is 2.05 bits per heavy atom. The lowest BCUT2D eigenvalue weighted by molar-refractivity contribution is 0.0681. The lowest BCUT2D eigenvalue weighted by atomic mass is 10.1. The van der Waals surface area contributed by atoms with E-state index in [1.165, 1.54) is 0 Å². The van der Waals surface area contributed by atoms with Gasteiger partial charge in [0.1, 0.15) is 17.3 Å².